The van der Waals surface area contributed by atoms with Crippen molar-refractivity contribution in [3.63, 3.8) is 0 Å². The average Bonchev–Trinajstić information content (AvgIpc) is 2.83. The molecule has 0 aliphatic heterocycles. The summed E-state index contributed by atoms with van der Waals surface area (Å²) < 4.78 is 0. The molecule has 2 aromatic carbocycles. The molecule has 4 rings (SSSR count). The van der Waals surface area contributed by atoms with Crippen molar-refractivity contribution >= 4 is 28.1 Å². The van der Waals surface area contributed by atoms with Crippen LogP contribution in [0, 0.1) is 33.6 Å². The highest BCUT2D eigenvalue weighted by Gasteiger charge is 2.18. The van der Waals surface area contributed by atoms with Gasteiger partial charge in [-0.05, 0) is 87.2 Å². The van der Waals surface area contributed by atoms with Gasteiger partial charge in [-0.15, -0.1) is 12.8 Å². The van der Waals surface area contributed by atoms with E-state index in [9.17, 15) is 4.79 Å². The van der Waals surface area contributed by atoms with E-state index in [2.05, 4.69) is 74.8 Å². The molecular formula is C30H36N2O4. The highest BCUT2D eigenvalue weighted by atomic mass is 16.3. The second kappa shape index (κ2) is 13.2. The fourth-order valence-corrected chi connectivity index (χ4v) is 4.08. The first-order valence-electron chi connectivity index (χ1n) is 11.6. The zero-order valence-electron chi connectivity index (χ0n) is 22.1. The summed E-state index contributed by atoms with van der Waals surface area (Å²) in [6.45, 7) is 13.5. The van der Waals surface area contributed by atoms with Gasteiger partial charge in [0.25, 0.3) is 12.0 Å². The lowest BCUT2D eigenvalue weighted by atomic mass is 9.86. The number of aromatic nitrogens is 2. The van der Waals surface area contributed by atoms with Crippen LogP contribution in [-0.4, -0.2) is 32.3 Å². The molecule has 4 aromatic rings. The summed E-state index contributed by atoms with van der Waals surface area (Å²) in [7, 11) is 0. The van der Waals surface area contributed by atoms with E-state index in [1.165, 1.54) is 27.8 Å². The van der Waals surface area contributed by atoms with Crippen molar-refractivity contribution in [3.8, 4) is 24.0 Å². The molecule has 0 fully saturated rings. The minimum absolute atomic E-state index is 0.0757. The molecule has 2 aromatic heterocycles. The number of aryl methyl sites for hydroxylation is 3. The van der Waals surface area contributed by atoms with Crippen LogP contribution in [0.25, 0.3) is 32.8 Å². The average molecular weight is 489 g/mol. The Labute approximate surface area is 213 Å². The van der Waals surface area contributed by atoms with Crippen molar-refractivity contribution in [2.45, 2.75) is 60.5 Å². The fraction of sp³-hybridized carbons (Fsp3) is 0.300. The SMILES string of the molecule is C#C.CC(C)(C)O.CCc1c(-c2ccc(C)cc2)c(C)c2c([nH]c(=O)c3cnccc32)c1C.O=CO. The van der Waals surface area contributed by atoms with Gasteiger partial charge in [0.2, 0.25) is 0 Å². The minimum atomic E-state index is -0.500. The van der Waals surface area contributed by atoms with E-state index < -0.39 is 5.60 Å². The third kappa shape index (κ3) is 7.27. The largest absolute Gasteiger partial charge is 0.483 e. The molecule has 2 heterocycles. The second-order valence-corrected chi connectivity index (χ2v) is 9.22. The minimum Gasteiger partial charge on any atom is -0.483 e. The summed E-state index contributed by atoms with van der Waals surface area (Å²) >= 11 is 0. The third-order valence-corrected chi connectivity index (χ3v) is 5.40. The summed E-state index contributed by atoms with van der Waals surface area (Å²) in [5, 5.41) is 18.1. The maximum atomic E-state index is 12.6. The summed E-state index contributed by atoms with van der Waals surface area (Å²) in [5.41, 5.74) is 7.78. The van der Waals surface area contributed by atoms with Gasteiger partial charge in [-0.1, -0.05) is 36.8 Å². The van der Waals surface area contributed by atoms with Crippen LogP contribution in [0.2, 0.25) is 0 Å². The van der Waals surface area contributed by atoms with Crippen LogP contribution >= 0.6 is 0 Å². The number of carbonyl (C=O) groups is 1. The molecule has 0 saturated carbocycles. The van der Waals surface area contributed by atoms with Crippen LogP contribution < -0.4 is 5.56 Å². The predicted octanol–water partition coefficient (Wildman–Crippen LogP) is 5.96. The van der Waals surface area contributed by atoms with E-state index in [0.29, 0.717) is 5.39 Å². The van der Waals surface area contributed by atoms with Crippen molar-refractivity contribution in [1.29, 1.82) is 0 Å². The summed E-state index contributed by atoms with van der Waals surface area (Å²) in [4.78, 5) is 28.2. The number of aromatic amines is 1. The van der Waals surface area contributed by atoms with Crippen molar-refractivity contribution in [2.75, 3.05) is 0 Å². The number of pyridine rings is 2. The van der Waals surface area contributed by atoms with Crippen molar-refractivity contribution in [1.82, 2.24) is 9.97 Å². The number of H-pyrrole nitrogens is 1. The smallest absolute Gasteiger partial charge is 0.290 e. The van der Waals surface area contributed by atoms with Gasteiger partial charge in [0.1, 0.15) is 0 Å². The highest BCUT2D eigenvalue weighted by Crippen LogP contribution is 2.38. The van der Waals surface area contributed by atoms with Gasteiger partial charge in [0, 0.05) is 17.8 Å². The molecule has 0 unspecified atom stereocenters. The fourth-order valence-electron chi connectivity index (χ4n) is 4.08. The summed E-state index contributed by atoms with van der Waals surface area (Å²) in [5.74, 6) is 0. The first-order chi connectivity index (χ1) is 16.9. The van der Waals surface area contributed by atoms with E-state index >= 15 is 0 Å². The number of nitrogens with one attached hydrogen (secondary N) is 1. The number of nitrogens with zero attached hydrogens (tertiary/aromatic N) is 1. The second-order valence-electron chi connectivity index (χ2n) is 9.22. The molecule has 0 atom stereocenters. The van der Waals surface area contributed by atoms with Crippen LogP contribution in [0.4, 0.5) is 0 Å². The van der Waals surface area contributed by atoms with Crippen molar-refractivity contribution in [3.05, 3.63) is 75.3 Å². The molecular weight excluding hydrogens is 452 g/mol. The van der Waals surface area contributed by atoms with Gasteiger partial charge in [-0.3, -0.25) is 14.6 Å². The lowest BCUT2D eigenvalue weighted by Gasteiger charge is -2.20. The lowest BCUT2D eigenvalue weighted by molar-refractivity contribution is -0.122. The number of fused-ring (bicyclic) bond motifs is 3. The Balaban J connectivity index is 0.000000561. The Bertz CT molecular complexity index is 1390. The number of aliphatic hydroxyl groups is 1. The van der Waals surface area contributed by atoms with Crippen molar-refractivity contribution in [2.24, 2.45) is 0 Å². The maximum absolute atomic E-state index is 12.6. The van der Waals surface area contributed by atoms with Gasteiger partial charge in [0.15, 0.2) is 0 Å². The van der Waals surface area contributed by atoms with Gasteiger partial charge in [0.05, 0.1) is 16.5 Å². The molecule has 6 heteroatoms. The monoisotopic (exact) mass is 488 g/mol. The van der Waals surface area contributed by atoms with Crippen LogP contribution in [0.3, 0.4) is 0 Å². The first-order valence-corrected chi connectivity index (χ1v) is 11.6. The summed E-state index contributed by atoms with van der Waals surface area (Å²) in [6.07, 6.45) is 12.3. The molecule has 0 spiro atoms. The summed E-state index contributed by atoms with van der Waals surface area (Å²) in [6, 6.07) is 10.6. The van der Waals surface area contributed by atoms with Crippen LogP contribution in [0.15, 0.2) is 47.5 Å². The van der Waals surface area contributed by atoms with E-state index in [-0.39, 0.29) is 12.0 Å². The first kappa shape index (κ1) is 30.1. The Morgan fingerprint density at radius 1 is 1.00 bits per heavy atom. The van der Waals surface area contributed by atoms with Gasteiger partial charge < -0.3 is 15.2 Å². The molecule has 190 valence electrons. The Hall–Kier alpha value is -3.95. The molecule has 36 heavy (non-hydrogen) atoms. The van der Waals surface area contributed by atoms with Gasteiger partial charge in [-0.25, -0.2) is 0 Å². The zero-order chi connectivity index (χ0) is 27.6. The standard InChI is InChI=1S/C23H22N2O.C4H10O.C2H2.CH2O2/c1-5-17-14(3)22-21(18-10-11-24-12-19(18)23(26)25-22)15(4)20(17)16-8-6-13(2)7-9-16;1-4(2,3)5;1-2;2-1-3/h6-12H,5H2,1-4H3,(H,25,26);5H,1-3H3;1-2H;1H,(H,2,3). The lowest BCUT2D eigenvalue weighted by Crippen LogP contribution is -2.10. The van der Waals surface area contributed by atoms with Crippen LogP contribution in [-0.2, 0) is 11.2 Å². The molecule has 0 radical (unpaired) electrons. The third-order valence-electron chi connectivity index (χ3n) is 5.40. The highest BCUT2D eigenvalue weighted by molar-refractivity contribution is 6.10. The quantitative estimate of drug-likeness (QED) is 0.184. The van der Waals surface area contributed by atoms with Crippen LogP contribution in [0.5, 0.6) is 0 Å². The molecule has 0 amide bonds. The normalized spacial score (nSPS) is 10.3. The van der Waals surface area contributed by atoms with E-state index in [1.54, 1.807) is 33.2 Å². The number of carboxylic acid groups (broad SMARTS) is 1. The number of hydrogen-bond acceptors (Lipinski definition) is 4. The molecule has 0 bridgehead atoms. The molecule has 3 N–H and O–H groups in total. The Morgan fingerprint density at radius 3 is 2.03 bits per heavy atom. The topological polar surface area (TPSA) is 103 Å². The van der Waals surface area contributed by atoms with Crippen molar-refractivity contribution < 1.29 is 15.0 Å². The van der Waals surface area contributed by atoms with E-state index in [4.69, 9.17) is 15.0 Å². The molecule has 0 saturated heterocycles. The molecule has 0 aliphatic rings. The zero-order valence-corrected chi connectivity index (χ0v) is 22.1. The van der Waals surface area contributed by atoms with E-state index in [0.717, 1.165) is 28.3 Å². The number of terminal acetylenes is 1. The number of hydrogen-bond donors (Lipinski definition) is 3. The van der Waals surface area contributed by atoms with Gasteiger partial charge >= 0.3 is 0 Å². The van der Waals surface area contributed by atoms with Gasteiger partial charge in [-0.2, -0.15) is 0 Å². The number of rotatable bonds is 2. The number of benzene rings is 2. The Morgan fingerprint density at radius 2 is 1.53 bits per heavy atom. The van der Waals surface area contributed by atoms with E-state index in [1.807, 2.05) is 6.07 Å². The predicted molar refractivity (Wildman–Crippen MR) is 149 cm³/mol. The Kier molecular flexibility index (Phi) is 11.0. The maximum Gasteiger partial charge on any atom is 0.290 e. The van der Waals surface area contributed by atoms with Crippen LogP contribution in [0.1, 0.15) is 49.9 Å². The molecule has 0 aliphatic carbocycles. The molecule has 6 nitrogen and oxygen atoms in total.